The zero-order valence-corrected chi connectivity index (χ0v) is 12.3. The Labute approximate surface area is 125 Å². The molecule has 2 aliphatic rings. The van der Waals surface area contributed by atoms with Crippen molar-refractivity contribution in [1.29, 1.82) is 0 Å². The van der Waals surface area contributed by atoms with E-state index in [4.69, 9.17) is 0 Å². The lowest BCUT2D eigenvalue weighted by Crippen LogP contribution is -2.37. The number of carbonyl (C=O) groups is 1. The summed E-state index contributed by atoms with van der Waals surface area (Å²) in [6.07, 6.45) is 7.69. The van der Waals surface area contributed by atoms with Crippen molar-refractivity contribution in [2.45, 2.75) is 32.1 Å². The number of pyridine rings is 1. The molecule has 5 heteroatoms. The molecule has 0 aliphatic carbocycles. The van der Waals surface area contributed by atoms with Gasteiger partial charge in [0.2, 0.25) is 0 Å². The van der Waals surface area contributed by atoms with Crippen LogP contribution in [0.15, 0.2) is 18.3 Å². The highest BCUT2D eigenvalue weighted by molar-refractivity contribution is 5.93. The zero-order chi connectivity index (χ0) is 14.7. The number of nitrogens with zero attached hydrogens (tertiary/aromatic N) is 2. The lowest BCUT2D eigenvalue weighted by atomic mass is 9.73. The molecular weight excluding hydrogens is 266 g/mol. The third kappa shape index (κ3) is 3.02. The number of rotatable bonds is 2. The van der Waals surface area contributed by atoms with Crippen LogP contribution in [0.4, 0.5) is 5.82 Å². The van der Waals surface area contributed by atoms with E-state index in [0.717, 1.165) is 39.0 Å². The van der Waals surface area contributed by atoms with Crippen molar-refractivity contribution in [2.24, 2.45) is 5.41 Å². The summed E-state index contributed by atoms with van der Waals surface area (Å²) in [6, 6.07) is 3.34. The van der Waals surface area contributed by atoms with Crippen molar-refractivity contribution in [1.82, 2.24) is 10.3 Å². The number of nitrogens with one attached hydrogen (secondary N) is 1. The third-order valence-electron chi connectivity index (χ3n) is 5.03. The number of carboxylic acid groups (broad SMARTS) is 1. The van der Waals surface area contributed by atoms with Gasteiger partial charge in [0.15, 0.2) is 0 Å². The molecule has 1 aromatic rings. The first kappa shape index (κ1) is 14.3. The molecule has 0 bridgehead atoms. The van der Waals surface area contributed by atoms with Gasteiger partial charge in [-0.05, 0) is 62.7 Å². The second-order valence-electron chi connectivity index (χ2n) is 6.27. The molecule has 0 atom stereocenters. The molecule has 1 spiro atoms. The smallest absolute Gasteiger partial charge is 0.339 e. The highest BCUT2D eigenvalue weighted by atomic mass is 16.4. The summed E-state index contributed by atoms with van der Waals surface area (Å²) < 4.78 is 0. The minimum atomic E-state index is -0.890. The second kappa shape index (κ2) is 6.02. The standard InChI is InChI=1S/C16H23N3O2/c20-15(21)13-3-1-8-18-14(13)19-11-2-4-16(7-12-19)5-9-17-10-6-16/h1,3,8,17H,2,4-7,9-12H2,(H,20,21). The van der Waals surface area contributed by atoms with Crippen LogP contribution in [0.25, 0.3) is 0 Å². The number of anilines is 1. The fraction of sp³-hybridized carbons (Fsp3) is 0.625. The van der Waals surface area contributed by atoms with Crippen molar-refractivity contribution in [3.05, 3.63) is 23.9 Å². The molecular formula is C16H23N3O2. The number of aromatic carboxylic acids is 1. The molecule has 0 aromatic carbocycles. The van der Waals surface area contributed by atoms with Crippen molar-refractivity contribution in [3.8, 4) is 0 Å². The summed E-state index contributed by atoms with van der Waals surface area (Å²) in [5.41, 5.74) is 0.775. The molecule has 2 saturated heterocycles. The van der Waals surface area contributed by atoms with Crippen LogP contribution < -0.4 is 10.2 Å². The van der Waals surface area contributed by atoms with Crippen molar-refractivity contribution < 1.29 is 9.90 Å². The van der Waals surface area contributed by atoms with E-state index in [1.807, 2.05) is 0 Å². The van der Waals surface area contributed by atoms with E-state index in [-0.39, 0.29) is 0 Å². The molecule has 0 amide bonds. The normalized spacial score (nSPS) is 22.0. The Bertz CT molecular complexity index is 512. The lowest BCUT2D eigenvalue weighted by molar-refractivity contribution is 0.0697. The van der Waals surface area contributed by atoms with Gasteiger partial charge in [0, 0.05) is 19.3 Å². The number of carboxylic acids is 1. The Morgan fingerprint density at radius 2 is 2.05 bits per heavy atom. The molecule has 0 radical (unpaired) electrons. The monoisotopic (exact) mass is 289 g/mol. The van der Waals surface area contributed by atoms with Crippen LogP contribution in [0.3, 0.4) is 0 Å². The van der Waals surface area contributed by atoms with Crippen LogP contribution >= 0.6 is 0 Å². The first-order valence-corrected chi connectivity index (χ1v) is 7.84. The van der Waals surface area contributed by atoms with Crippen LogP contribution in [0, 0.1) is 5.41 Å². The van der Waals surface area contributed by atoms with Crippen molar-refractivity contribution >= 4 is 11.8 Å². The molecule has 1 aromatic heterocycles. The van der Waals surface area contributed by atoms with E-state index in [2.05, 4.69) is 15.2 Å². The highest BCUT2D eigenvalue weighted by Crippen LogP contribution is 2.40. The molecule has 3 heterocycles. The predicted octanol–water partition coefficient (Wildman–Crippen LogP) is 2.14. The van der Waals surface area contributed by atoms with Crippen molar-refractivity contribution in [3.63, 3.8) is 0 Å². The molecule has 0 saturated carbocycles. The summed E-state index contributed by atoms with van der Waals surface area (Å²) in [5, 5.41) is 12.8. The minimum Gasteiger partial charge on any atom is -0.478 e. The maximum Gasteiger partial charge on any atom is 0.339 e. The molecule has 5 nitrogen and oxygen atoms in total. The van der Waals surface area contributed by atoms with Crippen LogP contribution in [0.1, 0.15) is 42.5 Å². The summed E-state index contributed by atoms with van der Waals surface area (Å²) in [7, 11) is 0. The quantitative estimate of drug-likeness (QED) is 0.873. The van der Waals surface area contributed by atoms with Gasteiger partial charge in [-0.3, -0.25) is 0 Å². The van der Waals surface area contributed by atoms with E-state index in [1.165, 1.54) is 19.3 Å². The van der Waals surface area contributed by atoms with Crippen LogP contribution in [0.5, 0.6) is 0 Å². The Morgan fingerprint density at radius 3 is 2.81 bits per heavy atom. The highest BCUT2D eigenvalue weighted by Gasteiger charge is 2.34. The van der Waals surface area contributed by atoms with Gasteiger partial charge in [0.05, 0.1) is 0 Å². The minimum absolute atomic E-state index is 0.318. The topological polar surface area (TPSA) is 65.5 Å². The van der Waals surface area contributed by atoms with Gasteiger partial charge in [-0.2, -0.15) is 0 Å². The summed E-state index contributed by atoms with van der Waals surface area (Å²) in [5.74, 6) is -0.255. The SMILES string of the molecule is O=C(O)c1cccnc1N1CCCC2(CCNCC2)CC1. The maximum atomic E-state index is 11.4. The number of hydrogen-bond donors (Lipinski definition) is 2. The number of piperidine rings is 1. The van der Waals surface area contributed by atoms with Gasteiger partial charge in [-0.1, -0.05) is 0 Å². The molecule has 0 unspecified atom stereocenters. The fourth-order valence-electron chi connectivity index (χ4n) is 3.74. The summed E-state index contributed by atoms with van der Waals surface area (Å²) >= 11 is 0. The Hall–Kier alpha value is -1.62. The van der Waals surface area contributed by atoms with E-state index in [0.29, 0.717) is 16.8 Å². The van der Waals surface area contributed by atoms with Gasteiger partial charge in [-0.15, -0.1) is 0 Å². The van der Waals surface area contributed by atoms with Gasteiger partial charge in [0.1, 0.15) is 11.4 Å². The van der Waals surface area contributed by atoms with Crippen LogP contribution in [-0.4, -0.2) is 42.2 Å². The molecule has 21 heavy (non-hydrogen) atoms. The number of aromatic nitrogens is 1. The van der Waals surface area contributed by atoms with Gasteiger partial charge in [0.25, 0.3) is 0 Å². The Balaban J connectivity index is 1.77. The van der Waals surface area contributed by atoms with Gasteiger partial charge in [-0.25, -0.2) is 9.78 Å². The van der Waals surface area contributed by atoms with Gasteiger partial charge < -0.3 is 15.3 Å². The van der Waals surface area contributed by atoms with Crippen LogP contribution in [0.2, 0.25) is 0 Å². The first-order chi connectivity index (χ1) is 10.2. The first-order valence-electron chi connectivity index (χ1n) is 7.84. The van der Waals surface area contributed by atoms with Crippen LogP contribution in [-0.2, 0) is 0 Å². The summed E-state index contributed by atoms with van der Waals surface area (Å²) in [4.78, 5) is 17.9. The maximum absolute atomic E-state index is 11.4. The molecule has 2 aliphatic heterocycles. The van der Waals surface area contributed by atoms with E-state index < -0.39 is 5.97 Å². The third-order valence-corrected chi connectivity index (χ3v) is 5.03. The lowest BCUT2D eigenvalue weighted by Gasteiger charge is -2.37. The average Bonchev–Trinajstić information content (AvgIpc) is 2.71. The number of hydrogen-bond acceptors (Lipinski definition) is 4. The molecule has 2 fully saturated rings. The van der Waals surface area contributed by atoms with Gasteiger partial charge >= 0.3 is 5.97 Å². The average molecular weight is 289 g/mol. The Kier molecular flexibility index (Phi) is 4.10. The predicted molar refractivity (Wildman–Crippen MR) is 81.8 cm³/mol. The largest absolute Gasteiger partial charge is 0.478 e. The summed E-state index contributed by atoms with van der Waals surface area (Å²) in [6.45, 7) is 4.05. The zero-order valence-electron chi connectivity index (χ0n) is 12.3. The molecule has 114 valence electrons. The Morgan fingerprint density at radius 1 is 1.24 bits per heavy atom. The van der Waals surface area contributed by atoms with E-state index in [1.54, 1.807) is 18.3 Å². The second-order valence-corrected chi connectivity index (χ2v) is 6.27. The van der Waals surface area contributed by atoms with E-state index in [9.17, 15) is 9.90 Å². The fourth-order valence-corrected chi connectivity index (χ4v) is 3.74. The van der Waals surface area contributed by atoms with E-state index >= 15 is 0 Å². The molecule has 2 N–H and O–H groups in total. The molecule has 3 rings (SSSR count). The van der Waals surface area contributed by atoms with Crippen molar-refractivity contribution in [2.75, 3.05) is 31.1 Å².